The van der Waals surface area contributed by atoms with E-state index in [0.717, 1.165) is 10.5 Å². The summed E-state index contributed by atoms with van der Waals surface area (Å²) in [5.41, 5.74) is 2.50. The number of thioether (sulfide) groups is 1. The highest BCUT2D eigenvalue weighted by molar-refractivity contribution is 8.18. The van der Waals surface area contributed by atoms with Crippen LogP contribution in [0.4, 0.5) is 16.2 Å². The van der Waals surface area contributed by atoms with Crippen LogP contribution in [0.15, 0.2) is 65.6 Å². The smallest absolute Gasteiger partial charge is 0.339 e. The number of carbonyl (C=O) groups is 5. The van der Waals surface area contributed by atoms with Crippen molar-refractivity contribution in [2.45, 2.75) is 13.8 Å². The summed E-state index contributed by atoms with van der Waals surface area (Å²) in [6.45, 7) is 2.92. The molecule has 0 bridgehead atoms. The van der Waals surface area contributed by atoms with Crippen LogP contribution in [0.2, 0.25) is 5.02 Å². The van der Waals surface area contributed by atoms with E-state index in [9.17, 15) is 24.0 Å². The second-order valence-corrected chi connectivity index (χ2v) is 10.7. The lowest BCUT2D eigenvalue weighted by Crippen LogP contribution is -2.36. The van der Waals surface area contributed by atoms with Crippen molar-refractivity contribution in [3.8, 4) is 11.5 Å². The minimum Gasteiger partial charge on any atom is -0.493 e. The van der Waals surface area contributed by atoms with Crippen LogP contribution in [-0.2, 0) is 19.1 Å². The summed E-state index contributed by atoms with van der Waals surface area (Å²) in [6, 6.07) is 16.4. The van der Waals surface area contributed by atoms with Crippen molar-refractivity contribution in [1.29, 1.82) is 0 Å². The van der Waals surface area contributed by atoms with E-state index in [0.29, 0.717) is 34.5 Å². The van der Waals surface area contributed by atoms with Gasteiger partial charge in [0.1, 0.15) is 6.54 Å². The predicted molar refractivity (Wildman–Crippen MR) is 167 cm³/mol. The quantitative estimate of drug-likeness (QED) is 0.205. The van der Waals surface area contributed by atoms with Crippen molar-refractivity contribution in [2.75, 3.05) is 37.5 Å². The Morgan fingerprint density at radius 1 is 0.955 bits per heavy atom. The zero-order chi connectivity index (χ0) is 31.8. The average Bonchev–Trinajstić information content (AvgIpc) is 3.24. The van der Waals surface area contributed by atoms with Crippen LogP contribution in [-0.4, -0.2) is 60.7 Å². The number of carbonyl (C=O) groups excluding carboxylic acids is 5. The number of ether oxygens (including phenoxy) is 3. The SMILES string of the molecule is CCOC(=O)c1cc(NC(=O)CN2C(=O)S/C(=C/c3ccc(OCC(=O)Nc4cccc(C)c4)c(OC)c3)C2=O)ccc1Cl. The molecule has 0 unspecified atom stereocenters. The molecule has 4 rings (SSSR count). The van der Waals surface area contributed by atoms with Gasteiger partial charge in [-0.05, 0) is 85.3 Å². The molecular formula is C31H28ClN3O8S. The maximum absolute atomic E-state index is 13.0. The highest BCUT2D eigenvalue weighted by Crippen LogP contribution is 2.34. The lowest BCUT2D eigenvalue weighted by atomic mass is 10.2. The third kappa shape index (κ3) is 8.17. The van der Waals surface area contributed by atoms with Crippen LogP contribution in [0, 0.1) is 6.92 Å². The van der Waals surface area contributed by atoms with Crippen molar-refractivity contribution < 1.29 is 38.2 Å². The molecule has 4 amide bonds. The monoisotopic (exact) mass is 637 g/mol. The number of amides is 4. The largest absolute Gasteiger partial charge is 0.493 e. The molecule has 1 fully saturated rings. The molecule has 3 aromatic rings. The third-order valence-electron chi connectivity index (χ3n) is 6.07. The Kier molecular flexibility index (Phi) is 10.6. The molecule has 2 N–H and O–H groups in total. The van der Waals surface area contributed by atoms with Gasteiger partial charge in [0.25, 0.3) is 17.1 Å². The molecule has 11 nitrogen and oxygen atoms in total. The number of methoxy groups -OCH3 is 1. The average molecular weight is 638 g/mol. The van der Waals surface area contributed by atoms with E-state index < -0.39 is 29.6 Å². The van der Waals surface area contributed by atoms with Crippen molar-refractivity contribution in [2.24, 2.45) is 0 Å². The van der Waals surface area contributed by atoms with E-state index >= 15 is 0 Å². The first-order valence-electron chi connectivity index (χ1n) is 13.3. The standard InChI is InChI=1S/C31H28ClN3O8S/c1-4-42-30(39)22-15-21(9-10-23(22)32)33-27(36)16-35-29(38)26(44-31(35)40)14-19-8-11-24(25(13-19)41-3)43-17-28(37)34-20-7-5-6-18(2)12-20/h5-15H,4,16-17H2,1-3H3,(H,33,36)(H,34,37)/b26-14+. The minimum absolute atomic E-state index is 0.0674. The number of aryl methyl sites for hydroxylation is 1. The van der Waals surface area contributed by atoms with E-state index in [4.69, 9.17) is 25.8 Å². The fourth-order valence-electron chi connectivity index (χ4n) is 4.06. The molecule has 1 aliphatic rings. The molecule has 13 heteroatoms. The number of hydrogen-bond acceptors (Lipinski definition) is 9. The normalized spacial score (nSPS) is 13.5. The van der Waals surface area contributed by atoms with Gasteiger partial charge in [0.05, 0.1) is 29.2 Å². The molecule has 44 heavy (non-hydrogen) atoms. The fraction of sp³-hybridized carbons (Fsp3) is 0.194. The first kappa shape index (κ1) is 32.1. The number of rotatable bonds is 11. The lowest BCUT2D eigenvalue weighted by molar-refractivity contribution is -0.127. The number of benzene rings is 3. The molecule has 0 saturated carbocycles. The highest BCUT2D eigenvalue weighted by atomic mass is 35.5. The molecule has 0 radical (unpaired) electrons. The van der Waals surface area contributed by atoms with Gasteiger partial charge in [-0.2, -0.15) is 0 Å². The Bertz CT molecular complexity index is 1660. The molecule has 1 saturated heterocycles. The van der Waals surface area contributed by atoms with Crippen molar-refractivity contribution in [3.05, 3.63) is 87.3 Å². The van der Waals surface area contributed by atoms with Crippen LogP contribution < -0.4 is 20.1 Å². The van der Waals surface area contributed by atoms with Gasteiger partial charge < -0.3 is 24.8 Å². The van der Waals surface area contributed by atoms with E-state index in [2.05, 4.69) is 10.6 Å². The zero-order valence-electron chi connectivity index (χ0n) is 24.0. The van der Waals surface area contributed by atoms with E-state index in [-0.39, 0.29) is 40.3 Å². The van der Waals surface area contributed by atoms with E-state index in [1.54, 1.807) is 31.2 Å². The van der Waals surface area contributed by atoms with Gasteiger partial charge >= 0.3 is 5.97 Å². The van der Waals surface area contributed by atoms with Crippen molar-refractivity contribution in [3.63, 3.8) is 0 Å². The second kappa shape index (κ2) is 14.6. The maximum Gasteiger partial charge on any atom is 0.339 e. The van der Waals surface area contributed by atoms with Gasteiger partial charge in [0.15, 0.2) is 18.1 Å². The first-order chi connectivity index (χ1) is 21.1. The van der Waals surface area contributed by atoms with Crippen LogP contribution in [0.3, 0.4) is 0 Å². The molecule has 0 atom stereocenters. The second-order valence-electron chi connectivity index (χ2n) is 9.35. The molecule has 228 valence electrons. The summed E-state index contributed by atoms with van der Waals surface area (Å²) in [5.74, 6) is -1.68. The molecule has 0 spiro atoms. The maximum atomic E-state index is 13.0. The van der Waals surface area contributed by atoms with Crippen LogP contribution in [0.25, 0.3) is 6.08 Å². The minimum atomic E-state index is -0.653. The van der Waals surface area contributed by atoms with Gasteiger partial charge in [-0.1, -0.05) is 29.8 Å². The molecule has 0 aromatic heterocycles. The van der Waals surface area contributed by atoms with E-state index in [1.807, 2.05) is 25.1 Å². The van der Waals surface area contributed by atoms with Crippen LogP contribution in [0.5, 0.6) is 11.5 Å². The van der Waals surface area contributed by atoms with Crippen LogP contribution in [0.1, 0.15) is 28.4 Å². The Morgan fingerprint density at radius 3 is 2.43 bits per heavy atom. The van der Waals surface area contributed by atoms with Gasteiger partial charge in [0.2, 0.25) is 5.91 Å². The van der Waals surface area contributed by atoms with Crippen molar-refractivity contribution in [1.82, 2.24) is 4.90 Å². The molecule has 3 aromatic carbocycles. The Morgan fingerprint density at radius 2 is 1.70 bits per heavy atom. The zero-order valence-corrected chi connectivity index (χ0v) is 25.5. The van der Waals surface area contributed by atoms with Gasteiger partial charge in [0, 0.05) is 11.4 Å². The number of anilines is 2. The van der Waals surface area contributed by atoms with Gasteiger partial charge in [-0.25, -0.2) is 4.79 Å². The van der Waals surface area contributed by atoms with E-state index in [1.165, 1.54) is 31.4 Å². The topological polar surface area (TPSA) is 140 Å². The molecule has 1 heterocycles. The number of nitrogens with zero attached hydrogens (tertiary/aromatic N) is 1. The number of hydrogen-bond donors (Lipinski definition) is 2. The summed E-state index contributed by atoms with van der Waals surface area (Å²) in [4.78, 5) is 63.6. The summed E-state index contributed by atoms with van der Waals surface area (Å²) in [5, 5.41) is 4.85. The molecule has 0 aliphatic carbocycles. The first-order valence-corrected chi connectivity index (χ1v) is 14.5. The van der Waals surface area contributed by atoms with Gasteiger partial charge in [-0.3, -0.25) is 24.1 Å². The fourth-order valence-corrected chi connectivity index (χ4v) is 5.09. The van der Waals surface area contributed by atoms with Gasteiger partial charge in [-0.15, -0.1) is 0 Å². The Labute approximate surface area is 262 Å². The number of imide groups is 1. The summed E-state index contributed by atoms with van der Waals surface area (Å²) < 4.78 is 16.0. The Hall–Kier alpha value is -4.81. The van der Waals surface area contributed by atoms with Crippen LogP contribution >= 0.6 is 23.4 Å². The molecule has 1 aliphatic heterocycles. The summed E-state index contributed by atoms with van der Waals surface area (Å²) in [6.07, 6.45) is 1.49. The predicted octanol–water partition coefficient (Wildman–Crippen LogP) is 5.53. The van der Waals surface area contributed by atoms with Crippen molar-refractivity contribution >= 4 is 69.7 Å². The lowest BCUT2D eigenvalue weighted by Gasteiger charge is -2.13. The summed E-state index contributed by atoms with van der Waals surface area (Å²) in [7, 11) is 1.43. The highest BCUT2D eigenvalue weighted by Gasteiger charge is 2.36. The third-order valence-corrected chi connectivity index (χ3v) is 7.30. The number of esters is 1. The molecular weight excluding hydrogens is 610 g/mol. The Balaban J connectivity index is 1.38. The summed E-state index contributed by atoms with van der Waals surface area (Å²) >= 11 is 6.75. The number of nitrogens with one attached hydrogen (secondary N) is 2. The number of halogens is 1.